The molecule has 0 aliphatic carbocycles. The second-order valence-electron chi connectivity index (χ2n) is 10.3. The molecule has 10 heteroatoms. The highest BCUT2D eigenvalue weighted by Gasteiger charge is 2.43. The van der Waals surface area contributed by atoms with E-state index in [1.54, 1.807) is 0 Å². The van der Waals surface area contributed by atoms with E-state index in [1.165, 1.54) is 63.2 Å². The van der Waals surface area contributed by atoms with E-state index in [9.17, 15) is 24.6 Å². The number of rotatable bonds is 21. The summed E-state index contributed by atoms with van der Waals surface area (Å²) in [6.45, 7) is 6.98. The van der Waals surface area contributed by atoms with Crippen molar-refractivity contribution in [3.05, 3.63) is 0 Å². The molecule has 37 heavy (non-hydrogen) atoms. The first-order valence-corrected chi connectivity index (χ1v) is 16.8. The van der Waals surface area contributed by atoms with E-state index in [4.69, 9.17) is 17.3 Å². The lowest BCUT2D eigenvalue weighted by atomic mass is 9.93. The smallest absolute Gasteiger partial charge is 0.306 e. The summed E-state index contributed by atoms with van der Waals surface area (Å²) < 4.78 is 10.3. The van der Waals surface area contributed by atoms with Gasteiger partial charge in [-0.2, -0.15) is 0 Å². The Hall–Kier alpha value is -1.02. The van der Waals surface area contributed by atoms with Crippen LogP contribution in [0.4, 0.5) is 0 Å². The predicted molar refractivity (Wildman–Crippen MR) is 150 cm³/mol. The number of amides is 1. The fourth-order valence-corrected chi connectivity index (χ4v) is 9.90. The van der Waals surface area contributed by atoms with E-state index < -0.39 is 44.2 Å². The van der Waals surface area contributed by atoms with Gasteiger partial charge in [-0.15, -0.1) is 0 Å². The van der Waals surface area contributed by atoms with Crippen LogP contribution in [-0.4, -0.2) is 97.8 Å². The second kappa shape index (κ2) is 19.1. The molecule has 3 N–H and O–H groups in total. The molecule has 1 heterocycles. The summed E-state index contributed by atoms with van der Waals surface area (Å²) in [6.07, 6.45) is 10.7. The molecule has 4 atom stereocenters. The molecule has 1 fully saturated rings. The standard InChI is InChI=1S/C27H49BNO7P/c1-4-7-16-37(17-8-5-2,18-9-6-3)19-10-15-29-23(32)13-11-21(31)12-14-24(33)36-26-22(20-30)35-27(28)25(26)34/h22,25-27,30,34H,4-20H2,1-3H3/p+1/t22-,25+,26?,27-/m1/s1. The van der Waals surface area contributed by atoms with Gasteiger partial charge < -0.3 is 25.0 Å². The highest BCUT2D eigenvalue weighted by Crippen LogP contribution is 2.61. The molecular formula is C27H50BNO7P+. The molecule has 212 valence electrons. The maximum Gasteiger partial charge on any atom is 0.306 e. The molecule has 1 aliphatic rings. The second-order valence-corrected chi connectivity index (χ2v) is 14.8. The van der Waals surface area contributed by atoms with Crippen molar-refractivity contribution in [1.82, 2.24) is 5.32 Å². The minimum absolute atomic E-state index is 0.0507. The van der Waals surface area contributed by atoms with E-state index in [0.717, 1.165) is 6.42 Å². The van der Waals surface area contributed by atoms with Gasteiger partial charge in [-0.25, -0.2) is 0 Å². The number of carbonyl (C=O) groups excluding carboxylic acids is 3. The molecule has 1 aliphatic heterocycles. The Labute approximate surface area is 225 Å². The molecule has 0 bridgehead atoms. The lowest BCUT2D eigenvalue weighted by Crippen LogP contribution is -2.38. The van der Waals surface area contributed by atoms with E-state index in [0.29, 0.717) is 6.54 Å². The number of Topliss-reactive ketones (excluding diaryl/α,β-unsaturated/α-hetero) is 1. The van der Waals surface area contributed by atoms with Crippen LogP contribution in [0, 0.1) is 0 Å². The van der Waals surface area contributed by atoms with Gasteiger partial charge in [-0.3, -0.25) is 14.4 Å². The van der Waals surface area contributed by atoms with Crippen molar-refractivity contribution in [2.75, 3.05) is 37.8 Å². The zero-order valence-electron chi connectivity index (χ0n) is 23.3. The van der Waals surface area contributed by atoms with Crippen LogP contribution < -0.4 is 5.32 Å². The summed E-state index contributed by atoms with van der Waals surface area (Å²) >= 11 is 0. The van der Waals surface area contributed by atoms with Gasteiger partial charge in [0, 0.05) is 39.1 Å². The van der Waals surface area contributed by atoms with Crippen molar-refractivity contribution in [3.63, 3.8) is 0 Å². The normalized spacial score (nSPS) is 21.6. The van der Waals surface area contributed by atoms with Gasteiger partial charge in [-0.05, 0) is 25.7 Å². The van der Waals surface area contributed by atoms with Gasteiger partial charge in [0.05, 0.1) is 37.7 Å². The highest BCUT2D eigenvalue weighted by molar-refractivity contribution is 7.75. The van der Waals surface area contributed by atoms with Crippen molar-refractivity contribution >= 4 is 32.8 Å². The molecule has 0 saturated carbocycles. The molecule has 2 radical (unpaired) electrons. The summed E-state index contributed by atoms with van der Waals surface area (Å²) in [5, 5.41) is 22.2. The Kier molecular flexibility index (Phi) is 17.6. The minimum atomic E-state index is -1.24. The number of unbranched alkanes of at least 4 members (excludes halogenated alkanes) is 3. The lowest BCUT2D eigenvalue weighted by Gasteiger charge is -2.28. The molecular weight excluding hydrogens is 492 g/mol. The van der Waals surface area contributed by atoms with E-state index in [1.807, 2.05) is 0 Å². The maximum absolute atomic E-state index is 12.3. The number of esters is 1. The summed E-state index contributed by atoms with van der Waals surface area (Å²) in [7, 11) is 4.58. The third-order valence-electron chi connectivity index (χ3n) is 7.15. The third kappa shape index (κ3) is 13.1. The molecule has 0 aromatic carbocycles. The van der Waals surface area contributed by atoms with Crippen molar-refractivity contribution < 1.29 is 34.1 Å². The fourth-order valence-electron chi connectivity index (χ4n) is 4.77. The highest BCUT2D eigenvalue weighted by atomic mass is 31.2. The number of nitrogens with one attached hydrogen (secondary N) is 1. The zero-order valence-corrected chi connectivity index (χ0v) is 24.2. The van der Waals surface area contributed by atoms with Crippen LogP contribution in [0.1, 0.15) is 91.4 Å². The molecule has 1 unspecified atom stereocenters. The number of ether oxygens (including phenoxy) is 2. The van der Waals surface area contributed by atoms with E-state index >= 15 is 0 Å². The Morgan fingerprint density at radius 3 is 1.97 bits per heavy atom. The number of aliphatic hydroxyl groups is 2. The summed E-state index contributed by atoms with van der Waals surface area (Å²) in [4.78, 5) is 36.5. The Morgan fingerprint density at radius 2 is 1.43 bits per heavy atom. The van der Waals surface area contributed by atoms with Gasteiger partial charge in [-0.1, -0.05) is 40.0 Å². The average molecular weight is 542 g/mol. The Bertz CT molecular complexity index is 659. The molecule has 1 rings (SSSR count). The topological polar surface area (TPSA) is 122 Å². The predicted octanol–water partition coefficient (Wildman–Crippen LogP) is 3.20. The molecule has 1 saturated heterocycles. The first-order valence-electron chi connectivity index (χ1n) is 14.2. The monoisotopic (exact) mass is 542 g/mol. The van der Waals surface area contributed by atoms with E-state index in [-0.39, 0.29) is 37.4 Å². The number of aliphatic hydroxyl groups excluding tert-OH is 2. The van der Waals surface area contributed by atoms with Gasteiger partial charge >= 0.3 is 5.97 Å². The Morgan fingerprint density at radius 1 is 0.892 bits per heavy atom. The Balaban J connectivity index is 2.33. The third-order valence-corrected chi connectivity index (χ3v) is 12.2. The molecule has 0 aromatic rings. The molecule has 0 aromatic heterocycles. The summed E-state index contributed by atoms with van der Waals surface area (Å²) in [5.41, 5.74) is 0. The first kappa shape index (κ1) is 34.0. The van der Waals surface area contributed by atoms with Crippen LogP contribution in [0.25, 0.3) is 0 Å². The van der Waals surface area contributed by atoms with Gasteiger partial charge in [0.25, 0.3) is 0 Å². The number of hydrogen-bond acceptors (Lipinski definition) is 7. The summed E-state index contributed by atoms with van der Waals surface area (Å²) in [6, 6.07) is -1.04. The maximum atomic E-state index is 12.3. The van der Waals surface area contributed by atoms with Crippen molar-refractivity contribution in [2.45, 2.75) is 116 Å². The SMILES string of the molecule is [B][C@@H]1O[C@H](CO)C(OC(=O)CCC(=O)CCC(=O)NCCC[P+](CCCC)(CCCC)CCCC)[C@@H]1O. The van der Waals surface area contributed by atoms with Crippen LogP contribution in [0.3, 0.4) is 0 Å². The number of hydrogen-bond donors (Lipinski definition) is 3. The van der Waals surface area contributed by atoms with Crippen LogP contribution >= 0.6 is 7.26 Å². The zero-order chi connectivity index (χ0) is 27.7. The molecule has 8 nitrogen and oxygen atoms in total. The lowest BCUT2D eigenvalue weighted by molar-refractivity contribution is -0.157. The van der Waals surface area contributed by atoms with Crippen LogP contribution in [0.2, 0.25) is 0 Å². The van der Waals surface area contributed by atoms with Crippen LogP contribution in [0.5, 0.6) is 0 Å². The molecule has 1 amide bonds. The van der Waals surface area contributed by atoms with Crippen molar-refractivity contribution in [3.8, 4) is 0 Å². The van der Waals surface area contributed by atoms with Gasteiger partial charge in [0.2, 0.25) is 5.91 Å². The van der Waals surface area contributed by atoms with Crippen LogP contribution in [-0.2, 0) is 23.9 Å². The van der Waals surface area contributed by atoms with Crippen LogP contribution in [0.15, 0.2) is 0 Å². The minimum Gasteiger partial charge on any atom is -0.457 e. The molecule has 0 spiro atoms. The number of carbonyl (C=O) groups is 3. The van der Waals surface area contributed by atoms with Crippen molar-refractivity contribution in [2.24, 2.45) is 0 Å². The van der Waals surface area contributed by atoms with Crippen molar-refractivity contribution in [1.29, 1.82) is 0 Å². The van der Waals surface area contributed by atoms with Gasteiger partial charge in [0.15, 0.2) is 6.10 Å². The summed E-state index contributed by atoms with van der Waals surface area (Å²) in [5.74, 6) is -1.02. The average Bonchev–Trinajstić information content (AvgIpc) is 3.16. The van der Waals surface area contributed by atoms with Gasteiger partial charge in [0.1, 0.15) is 25.8 Å². The number of ketones is 1. The quantitative estimate of drug-likeness (QED) is 0.0882. The first-order chi connectivity index (χ1) is 17.7. The van der Waals surface area contributed by atoms with E-state index in [2.05, 4.69) is 26.1 Å². The fraction of sp³-hybridized carbons (Fsp3) is 0.889. The largest absolute Gasteiger partial charge is 0.457 e.